The van der Waals surface area contributed by atoms with Crippen LogP contribution in [0.2, 0.25) is 5.02 Å². The summed E-state index contributed by atoms with van der Waals surface area (Å²) < 4.78 is 47.4. The van der Waals surface area contributed by atoms with Crippen LogP contribution in [-0.2, 0) is 28.7 Å². The van der Waals surface area contributed by atoms with E-state index in [4.69, 9.17) is 22.1 Å². The third kappa shape index (κ3) is 5.58. The monoisotopic (exact) mass is 579 g/mol. The first kappa shape index (κ1) is 28.1. The number of hydrogen-bond donors (Lipinski definition) is 2. The van der Waals surface area contributed by atoms with E-state index in [-0.39, 0.29) is 34.6 Å². The van der Waals surface area contributed by atoms with Crippen molar-refractivity contribution in [2.24, 2.45) is 5.73 Å². The first-order valence-electron chi connectivity index (χ1n) is 13.0. The van der Waals surface area contributed by atoms with Gasteiger partial charge in [0.15, 0.2) is 5.82 Å². The molecule has 5 rings (SSSR count). The van der Waals surface area contributed by atoms with Crippen molar-refractivity contribution in [3.63, 3.8) is 0 Å². The van der Waals surface area contributed by atoms with Crippen molar-refractivity contribution in [3.05, 3.63) is 56.7 Å². The van der Waals surface area contributed by atoms with Gasteiger partial charge in [-0.1, -0.05) is 24.6 Å². The van der Waals surface area contributed by atoms with Crippen LogP contribution in [0.5, 0.6) is 0 Å². The molecule has 40 heavy (non-hydrogen) atoms. The maximum absolute atomic E-state index is 13.8. The molecular formula is C26H29ClF3N7O3. The van der Waals surface area contributed by atoms with Crippen LogP contribution in [-0.4, -0.2) is 57.4 Å². The molecule has 0 bridgehead atoms. The van der Waals surface area contributed by atoms with Gasteiger partial charge in [0.05, 0.1) is 35.2 Å². The highest BCUT2D eigenvalue weighted by molar-refractivity contribution is 6.33. The molecule has 0 aliphatic carbocycles. The lowest BCUT2D eigenvalue weighted by molar-refractivity contribution is -0.137. The Morgan fingerprint density at radius 1 is 1.27 bits per heavy atom. The van der Waals surface area contributed by atoms with E-state index in [1.54, 1.807) is 4.57 Å². The van der Waals surface area contributed by atoms with Crippen LogP contribution in [0.3, 0.4) is 0 Å². The predicted molar refractivity (Wildman–Crippen MR) is 145 cm³/mol. The molecule has 2 aliphatic heterocycles. The first-order chi connectivity index (χ1) is 19.1. The van der Waals surface area contributed by atoms with Crippen molar-refractivity contribution in [2.45, 2.75) is 51.4 Å². The van der Waals surface area contributed by atoms with Crippen LogP contribution in [0.1, 0.15) is 43.3 Å². The van der Waals surface area contributed by atoms with Crippen molar-refractivity contribution in [3.8, 4) is 0 Å². The average Bonchev–Trinajstić information content (AvgIpc) is 3.38. The molecule has 10 nitrogen and oxygen atoms in total. The van der Waals surface area contributed by atoms with Gasteiger partial charge in [0.1, 0.15) is 12.2 Å². The molecular weight excluding hydrogens is 551 g/mol. The molecule has 1 aromatic carbocycles. The number of nitrogens with two attached hydrogens (primary N) is 1. The zero-order valence-electron chi connectivity index (χ0n) is 21.8. The average molecular weight is 580 g/mol. The maximum atomic E-state index is 13.8. The Balaban J connectivity index is 1.56. The smallest absolute Gasteiger partial charge is 0.377 e. The van der Waals surface area contributed by atoms with Crippen LogP contribution >= 0.6 is 11.6 Å². The molecule has 4 heterocycles. The van der Waals surface area contributed by atoms with Gasteiger partial charge in [-0.05, 0) is 49.5 Å². The summed E-state index contributed by atoms with van der Waals surface area (Å²) in [7, 11) is 0. The minimum absolute atomic E-state index is 0.0366. The summed E-state index contributed by atoms with van der Waals surface area (Å²) in [5.74, 6) is 0.0129. The lowest BCUT2D eigenvalue weighted by Crippen LogP contribution is -2.43. The summed E-state index contributed by atoms with van der Waals surface area (Å²) in [5, 5.41) is 6.86. The number of benzene rings is 1. The molecule has 2 aliphatic rings. The summed E-state index contributed by atoms with van der Waals surface area (Å²) in [6.45, 7) is 3.67. The van der Waals surface area contributed by atoms with E-state index in [1.165, 1.54) is 4.52 Å². The van der Waals surface area contributed by atoms with E-state index in [1.807, 2.05) is 17.9 Å². The van der Waals surface area contributed by atoms with Crippen LogP contribution in [0.4, 0.5) is 24.5 Å². The third-order valence-corrected chi connectivity index (χ3v) is 7.45. The van der Waals surface area contributed by atoms with Crippen molar-refractivity contribution >= 4 is 40.2 Å². The van der Waals surface area contributed by atoms with Crippen LogP contribution in [0.15, 0.2) is 29.1 Å². The zero-order chi connectivity index (χ0) is 28.6. The standard InChI is InChI=1S/C26H29ClF3N7O3/c1-2-20-22(35-9-5-17(31)6-10-35)24(39)37-25(33-23(34-37)15-7-11-40-12-8-15)36(20)14-21(38)32-19-4-3-16(13-18(19)27)26(28,29)30/h3-4,7,13,17H,2,5-6,8-12,14,31H2,1H3,(H,32,38). The van der Waals surface area contributed by atoms with Crippen molar-refractivity contribution < 1.29 is 22.7 Å². The fourth-order valence-electron chi connectivity index (χ4n) is 5.04. The number of rotatable bonds is 6. The number of piperidine rings is 1. The van der Waals surface area contributed by atoms with Crippen molar-refractivity contribution in [2.75, 3.05) is 36.5 Å². The number of amides is 1. The largest absolute Gasteiger partial charge is 0.416 e. The highest BCUT2D eigenvalue weighted by Crippen LogP contribution is 2.34. The number of nitrogens with zero attached hydrogens (tertiary/aromatic N) is 5. The molecule has 0 radical (unpaired) electrons. The van der Waals surface area contributed by atoms with Crippen LogP contribution in [0, 0.1) is 0 Å². The number of carbonyl (C=O) groups is 1. The summed E-state index contributed by atoms with van der Waals surface area (Å²) in [6.07, 6.45) is -0.290. The SMILES string of the molecule is CCc1c(N2CCC(N)CC2)c(=O)n2nc(C3=CCOCC3)nc2n1CC(=O)Nc1ccc(C(F)(F)F)cc1Cl. The molecule has 0 atom stereocenters. The van der Waals surface area contributed by atoms with Gasteiger partial charge in [0.25, 0.3) is 5.56 Å². The fraction of sp³-hybridized carbons (Fsp3) is 0.462. The van der Waals surface area contributed by atoms with E-state index < -0.39 is 17.6 Å². The molecule has 14 heteroatoms. The van der Waals surface area contributed by atoms with Crippen LogP contribution < -0.4 is 21.5 Å². The van der Waals surface area contributed by atoms with E-state index in [0.717, 1.165) is 23.8 Å². The van der Waals surface area contributed by atoms with Crippen molar-refractivity contribution in [1.29, 1.82) is 0 Å². The van der Waals surface area contributed by atoms with Gasteiger partial charge < -0.3 is 25.3 Å². The Kier molecular flexibility index (Phi) is 7.89. The summed E-state index contributed by atoms with van der Waals surface area (Å²) >= 11 is 6.06. The zero-order valence-corrected chi connectivity index (χ0v) is 22.6. The molecule has 0 saturated carbocycles. The Bertz CT molecular complexity index is 1520. The quantitative estimate of drug-likeness (QED) is 0.459. The third-order valence-electron chi connectivity index (χ3n) is 7.14. The molecule has 3 aromatic rings. The second kappa shape index (κ2) is 11.2. The Morgan fingerprint density at radius 2 is 2.02 bits per heavy atom. The number of hydrogen-bond acceptors (Lipinski definition) is 7. The Labute approximate surface area is 232 Å². The minimum atomic E-state index is -4.57. The van der Waals surface area contributed by atoms with Crippen molar-refractivity contribution in [1.82, 2.24) is 19.2 Å². The van der Waals surface area contributed by atoms with E-state index in [2.05, 4.69) is 15.4 Å². The number of ether oxygens (including phenoxy) is 1. The number of fused-ring (bicyclic) bond motifs is 1. The second-order valence-corrected chi connectivity index (χ2v) is 10.2. The van der Waals surface area contributed by atoms with Gasteiger partial charge in [-0.25, -0.2) is 0 Å². The van der Waals surface area contributed by atoms with Gasteiger partial charge in [-0.3, -0.25) is 9.59 Å². The highest BCUT2D eigenvalue weighted by Gasteiger charge is 2.31. The second-order valence-electron chi connectivity index (χ2n) is 9.81. The number of aromatic nitrogens is 4. The number of halogens is 4. The van der Waals surface area contributed by atoms with E-state index in [0.29, 0.717) is 69.2 Å². The number of carbonyl (C=O) groups excluding carboxylic acids is 1. The van der Waals surface area contributed by atoms with Gasteiger partial charge in [-0.2, -0.15) is 22.7 Å². The molecule has 1 amide bonds. The van der Waals surface area contributed by atoms with E-state index >= 15 is 0 Å². The van der Waals surface area contributed by atoms with Gasteiger partial charge in [0, 0.05) is 19.1 Å². The number of alkyl halides is 3. The maximum Gasteiger partial charge on any atom is 0.416 e. The molecule has 2 aromatic heterocycles. The molecule has 214 valence electrons. The fourth-order valence-corrected chi connectivity index (χ4v) is 5.27. The molecule has 1 saturated heterocycles. The summed E-state index contributed by atoms with van der Waals surface area (Å²) in [6, 6.07) is 2.77. The van der Waals surface area contributed by atoms with Gasteiger partial charge in [0.2, 0.25) is 11.7 Å². The van der Waals surface area contributed by atoms with Crippen LogP contribution in [0.25, 0.3) is 11.4 Å². The number of anilines is 2. The Morgan fingerprint density at radius 3 is 2.65 bits per heavy atom. The number of nitrogens with one attached hydrogen (secondary N) is 1. The lowest BCUT2D eigenvalue weighted by Gasteiger charge is -2.33. The lowest BCUT2D eigenvalue weighted by atomic mass is 10.0. The van der Waals surface area contributed by atoms with E-state index in [9.17, 15) is 22.8 Å². The molecule has 3 N–H and O–H groups in total. The minimum Gasteiger partial charge on any atom is -0.377 e. The molecule has 0 spiro atoms. The summed E-state index contributed by atoms with van der Waals surface area (Å²) in [5.41, 5.74) is 6.74. The highest BCUT2D eigenvalue weighted by atomic mass is 35.5. The summed E-state index contributed by atoms with van der Waals surface area (Å²) in [4.78, 5) is 33.7. The normalized spacial score (nSPS) is 16.9. The molecule has 1 fully saturated rings. The topological polar surface area (TPSA) is 120 Å². The predicted octanol–water partition coefficient (Wildman–Crippen LogP) is 3.50. The van der Waals surface area contributed by atoms with Gasteiger partial charge in [-0.15, -0.1) is 5.10 Å². The Hall–Kier alpha value is -3.42. The molecule has 0 unspecified atom stereocenters. The van der Waals surface area contributed by atoms with Gasteiger partial charge >= 0.3 is 6.18 Å². The first-order valence-corrected chi connectivity index (χ1v) is 13.4.